The standard InChI is InChI=1S/C26H44N8.C2H6O/c1-8-10-14-28-21(3)23-12-11-13-24(32-23)34-19-22(17-26(4,5)20-34)18-30-25(27-6)29-15-16-31-33(7)9-2;1-3-2/h9,11-13,16,18,21,28H,2,8,10,14-15,17,19-20H2,1,3-7H3,(H2,27,29,30);1-2H3/b22-18-,31-16-;. The van der Waals surface area contributed by atoms with Gasteiger partial charge in [0.25, 0.3) is 0 Å². The first-order valence-electron chi connectivity index (χ1n) is 13.1. The number of hydrogen-bond acceptors (Lipinski definition) is 7. The molecule has 3 N–H and O–H groups in total. The zero-order valence-electron chi connectivity index (χ0n) is 24.3. The van der Waals surface area contributed by atoms with Crippen LogP contribution in [-0.2, 0) is 4.74 Å². The van der Waals surface area contributed by atoms with Crippen molar-refractivity contribution in [3.8, 4) is 0 Å². The summed E-state index contributed by atoms with van der Waals surface area (Å²) >= 11 is 0. The molecule has 1 aliphatic heterocycles. The van der Waals surface area contributed by atoms with Crippen LogP contribution in [0.1, 0.15) is 58.7 Å². The zero-order valence-corrected chi connectivity index (χ0v) is 24.3. The van der Waals surface area contributed by atoms with E-state index in [1.165, 1.54) is 18.4 Å². The van der Waals surface area contributed by atoms with Crippen molar-refractivity contribution in [1.29, 1.82) is 0 Å². The lowest BCUT2D eigenvalue weighted by Gasteiger charge is -2.40. The van der Waals surface area contributed by atoms with E-state index in [0.717, 1.165) is 37.6 Å². The summed E-state index contributed by atoms with van der Waals surface area (Å²) in [6, 6.07) is 6.60. The number of aromatic nitrogens is 1. The van der Waals surface area contributed by atoms with Gasteiger partial charge in [-0.15, -0.1) is 0 Å². The van der Waals surface area contributed by atoms with E-state index in [4.69, 9.17) is 4.98 Å². The summed E-state index contributed by atoms with van der Waals surface area (Å²) in [7, 11) is 6.86. The zero-order chi connectivity index (χ0) is 27.7. The van der Waals surface area contributed by atoms with Gasteiger partial charge >= 0.3 is 0 Å². The molecule has 9 heteroatoms. The van der Waals surface area contributed by atoms with Gasteiger partial charge < -0.3 is 25.6 Å². The van der Waals surface area contributed by atoms with Gasteiger partial charge in [-0.25, -0.2) is 4.98 Å². The third-order valence-corrected chi connectivity index (χ3v) is 5.75. The normalized spacial score (nSPS) is 17.2. The van der Waals surface area contributed by atoms with Crippen molar-refractivity contribution in [2.45, 2.75) is 53.0 Å². The molecule has 1 saturated heterocycles. The van der Waals surface area contributed by atoms with Crippen molar-refractivity contribution in [2.24, 2.45) is 15.5 Å². The second-order valence-corrected chi connectivity index (χ2v) is 10.0. The number of piperidine rings is 1. The van der Waals surface area contributed by atoms with E-state index in [0.29, 0.717) is 12.5 Å². The van der Waals surface area contributed by atoms with Crippen LogP contribution >= 0.6 is 0 Å². The Bertz CT molecular complexity index is 881. The van der Waals surface area contributed by atoms with Crippen molar-refractivity contribution in [1.82, 2.24) is 25.9 Å². The third-order valence-electron chi connectivity index (χ3n) is 5.75. The van der Waals surface area contributed by atoms with Gasteiger partial charge in [0, 0.05) is 66.1 Å². The van der Waals surface area contributed by atoms with E-state index in [1.54, 1.807) is 38.7 Å². The van der Waals surface area contributed by atoms with Crippen molar-refractivity contribution in [3.63, 3.8) is 0 Å². The average molecular weight is 515 g/mol. The molecule has 0 bridgehead atoms. The topological polar surface area (TPSA) is 89.4 Å². The number of rotatable bonds is 11. The first-order chi connectivity index (χ1) is 17.7. The Morgan fingerprint density at radius 3 is 2.73 bits per heavy atom. The quantitative estimate of drug-likeness (QED) is 0.177. The van der Waals surface area contributed by atoms with Gasteiger partial charge in [0.15, 0.2) is 5.96 Å². The summed E-state index contributed by atoms with van der Waals surface area (Å²) < 4.78 is 4.25. The highest BCUT2D eigenvalue weighted by Gasteiger charge is 2.30. The molecule has 0 amide bonds. The lowest BCUT2D eigenvalue weighted by Crippen LogP contribution is -2.43. The molecule has 0 saturated carbocycles. The van der Waals surface area contributed by atoms with Gasteiger partial charge in [-0.2, -0.15) is 5.10 Å². The Kier molecular flexibility index (Phi) is 15.2. The molecule has 208 valence electrons. The molecule has 1 aliphatic rings. The number of nitrogens with one attached hydrogen (secondary N) is 3. The Labute approximate surface area is 225 Å². The SMILES string of the molecule is C=CN(C)/N=C\CNC(=NC)N/C=C1\CN(c2cccc(C(C)NCCCC)n2)CC(C)(C)C1.COC. The van der Waals surface area contributed by atoms with Crippen LogP contribution in [0.5, 0.6) is 0 Å². The van der Waals surface area contributed by atoms with Crippen LogP contribution in [0.3, 0.4) is 0 Å². The van der Waals surface area contributed by atoms with E-state index < -0.39 is 0 Å². The Hall–Kier alpha value is -2.91. The fraction of sp³-hybridized carbons (Fsp3) is 0.607. The molecule has 1 fully saturated rings. The molecule has 0 aromatic carbocycles. The maximum atomic E-state index is 5.01. The van der Waals surface area contributed by atoms with Crippen molar-refractivity contribution in [2.75, 3.05) is 59.4 Å². The molecule has 1 aromatic heterocycles. The summed E-state index contributed by atoms with van der Waals surface area (Å²) in [5.41, 5.74) is 2.56. The predicted octanol–water partition coefficient (Wildman–Crippen LogP) is 4.14. The molecule has 1 atom stereocenters. The minimum Gasteiger partial charge on any atom is -0.388 e. The molecular formula is C28H50N8O. The molecule has 0 aliphatic carbocycles. The molecule has 2 rings (SSSR count). The highest BCUT2D eigenvalue weighted by Crippen LogP contribution is 2.34. The second-order valence-electron chi connectivity index (χ2n) is 10.0. The second kappa shape index (κ2) is 17.5. The van der Waals surface area contributed by atoms with Gasteiger partial charge in [0.05, 0.1) is 12.2 Å². The molecule has 37 heavy (non-hydrogen) atoms. The van der Waals surface area contributed by atoms with Crippen LogP contribution in [0.15, 0.2) is 52.8 Å². The minimum absolute atomic E-state index is 0.146. The number of unbranched alkanes of at least 4 members (excludes halogenated alkanes) is 1. The van der Waals surface area contributed by atoms with Crippen LogP contribution < -0.4 is 20.9 Å². The molecule has 2 heterocycles. The maximum Gasteiger partial charge on any atom is 0.195 e. The van der Waals surface area contributed by atoms with Crippen molar-refractivity contribution >= 4 is 18.0 Å². The fourth-order valence-electron chi connectivity index (χ4n) is 3.98. The number of ether oxygens (including phenoxy) is 1. The van der Waals surface area contributed by atoms with Gasteiger partial charge in [0.1, 0.15) is 5.82 Å². The number of aliphatic imine (C=N–C) groups is 1. The van der Waals surface area contributed by atoms with E-state index in [9.17, 15) is 0 Å². The molecule has 1 aromatic rings. The molecule has 9 nitrogen and oxygen atoms in total. The summed E-state index contributed by atoms with van der Waals surface area (Å²) in [6.07, 6.45) is 8.91. The molecule has 1 unspecified atom stereocenters. The lowest BCUT2D eigenvalue weighted by atomic mass is 9.82. The number of methoxy groups -OCH3 is 1. The van der Waals surface area contributed by atoms with Gasteiger partial charge in [-0.3, -0.25) is 10.0 Å². The highest BCUT2D eigenvalue weighted by atomic mass is 16.4. The Balaban J connectivity index is 0.00000217. The van der Waals surface area contributed by atoms with E-state index in [-0.39, 0.29) is 11.5 Å². The highest BCUT2D eigenvalue weighted by molar-refractivity contribution is 5.83. The first-order valence-corrected chi connectivity index (χ1v) is 13.1. The Morgan fingerprint density at radius 2 is 2.08 bits per heavy atom. The molecule has 0 radical (unpaired) electrons. The van der Waals surface area contributed by atoms with Gasteiger partial charge in [-0.05, 0) is 49.4 Å². The number of hydrogen-bond donors (Lipinski definition) is 3. The monoisotopic (exact) mass is 514 g/mol. The maximum absolute atomic E-state index is 5.01. The summed E-state index contributed by atoms with van der Waals surface area (Å²) in [4.78, 5) is 11.7. The summed E-state index contributed by atoms with van der Waals surface area (Å²) in [5, 5.41) is 16.0. The van der Waals surface area contributed by atoms with Crippen LogP contribution in [0, 0.1) is 5.41 Å². The molecular weight excluding hydrogens is 464 g/mol. The van der Waals surface area contributed by atoms with E-state index in [2.05, 4.69) is 94.4 Å². The smallest absolute Gasteiger partial charge is 0.195 e. The summed E-state index contributed by atoms with van der Waals surface area (Å²) in [6.45, 7) is 16.1. The molecule has 0 spiro atoms. The number of pyridine rings is 1. The van der Waals surface area contributed by atoms with Crippen LogP contribution in [-0.4, -0.2) is 76.7 Å². The van der Waals surface area contributed by atoms with Gasteiger partial charge in [0.2, 0.25) is 0 Å². The van der Waals surface area contributed by atoms with E-state index >= 15 is 0 Å². The number of hydrazone groups is 1. The number of guanidine groups is 1. The van der Waals surface area contributed by atoms with Crippen LogP contribution in [0.2, 0.25) is 0 Å². The van der Waals surface area contributed by atoms with Crippen molar-refractivity contribution < 1.29 is 4.74 Å². The number of anilines is 1. The predicted molar refractivity (Wildman–Crippen MR) is 158 cm³/mol. The first kappa shape index (κ1) is 32.1. The van der Waals surface area contributed by atoms with Crippen molar-refractivity contribution in [3.05, 3.63) is 48.4 Å². The third kappa shape index (κ3) is 12.7. The summed E-state index contributed by atoms with van der Waals surface area (Å²) in [5.74, 6) is 1.74. The van der Waals surface area contributed by atoms with E-state index in [1.807, 2.05) is 7.05 Å². The Morgan fingerprint density at radius 1 is 1.35 bits per heavy atom. The largest absolute Gasteiger partial charge is 0.388 e. The lowest BCUT2D eigenvalue weighted by molar-refractivity contribution is 0.277. The minimum atomic E-state index is 0.146. The number of nitrogens with zero attached hydrogens (tertiary/aromatic N) is 5. The van der Waals surface area contributed by atoms with Crippen LogP contribution in [0.4, 0.5) is 5.82 Å². The fourth-order valence-corrected chi connectivity index (χ4v) is 3.98. The van der Waals surface area contributed by atoms with Crippen LogP contribution in [0.25, 0.3) is 0 Å². The average Bonchev–Trinajstić information content (AvgIpc) is 2.87. The van der Waals surface area contributed by atoms with Gasteiger partial charge in [-0.1, -0.05) is 39.8 Å².